The van der Waals surface area contributed by atoms with Gasteiger partial charge in [0, 0.05) is 29.3 Å². The minimum Gasteiger partial charge on any atom is -0.370 e. The van der Waals surface area contributed by atoms with E-state index in [1.54, 1.807) is 0 Å². The van der Waals surface area contributed by atoms with Gasteiger partial charge in [0.15, 0.2) is 5.82 Å². The van der Waals surface area contributed by atoms with Gasteiger partial charge in [-0.2, -0.15) is 11.8 Å². The molecule has 5 heteroatoms. The second-order valence-corrected chi connectivity index (χ2v) is 5.87. The van der Waals surface area contributed by atoms with Gasteiger partial charge in [0.1, 0.15) is 11.9 Å². The highest BCUT2D eigenvalue weighted by Crippen LogP contribution is 2.27. The number of rotatable bonds is 5. The van der Waals surface area contributed by atoms with E-state index in [4.69, 9.17) is 9.72 Å². The van der Waals surface area contributed by atoms with Crippen LogP contribution >= 0.6 is 11.8 Å². The molecule has 2 heterocycles. The molecule has 0 radical (unpaired) electrons. The van der Waals surface area contributed by atoms with Crippen molar-refractivity contribution < 1.29 is 4.74 Å². The summed E-state index contributed by atoms with van der Waals surface area (Å²) < 4.78 is 5.79. The normalized spacial score (nSPS) is 19.4. The summed E-state index contributed by atoms with van der Waals surface area (Å²) in [4.78, 5) is 9.38. The molecule has 1 unspecified atom stereocenters. The van der Waals surface area contributed by atoms with Crippen LogP contribution in [0.1, 0.15) is 43.5 Å². The minimum atomic E-state index is 0.0480. The quantitative estimate of drug-likeness (QED) is 0.899. The van der Waals surface area contributed by atoms with Gasteiger partial charge in [-0.1, -0.05) is 13.8 Å². The molecule has 1 aliphatic heterocycles. The second kappa shape index (κ2) is 7.10. The SMILES string of the molecule is CCCNc1nc(C2CSCCO2)nc(CC)c1C. The van der Waals surface area contributed by atoms with E-state index >= 15 is 0 Å². The van der Waals surface area contributed by atoms with Crippen LogP contribution in [0.4, 0.5) is 5.82 Å². The molecule has 0 aliphatic carbocycles. The topological polar surface area (TPSA) is 47.0 Å². The Morgan fingerprint density at radius 1 is 1.37 bits per heavy atom. The predicted octanol–water partition coefficient (Wildman–Crippen LogP) is 2.97. The van der Waals surface area contributed by atoms with Crippen molar-refractivity contribution in [1.82, 2.24) is 9.97 Å². The lowest BCUT2D eigenvalue weighted by Crippen LogP contribution is -2.20. The summed E-state index contributed by atoms with van der Waals surface area (Å²) in [6, 6.07) is 0. The van der Waals surface area contributed by atoms with Crippen LogP contribution in [-0.2, 0) is 11.2 Å². The monoisotopic (exact) mass is 281 g/mol. The maximum atomic E-state index is 5.79. The third kappa shape index (κ3) is 3.60. The molecule has 1 fully saturated rings. The minimum absolute atomic E-state index is 0.0480. The van der Waals surface area contributed by atoms with Crippen LogP contribution in [0, 0.1) is 6.92 Å². The second-order valence-electron chi connectivity index (χ2n) is 4.72. The molecule has 19 heavy (non-hydrogen) atoms. The van der Waals surface area contributed by atoms with Crippen LogP contribution in [-0.4, -0.2) is 34.6 Å². The highest BCUT2D eigenvalue weighted by atomic mass is 32.2. The van der Waals surface area contributed by atoms with E-state index < -0.39 is 0 Å². The van der Waals surface area contributed by atoms with Crippen LogP contribution in [0.3, 0.4) is 0 Å². The number of aryl methyl sites for hydroxylation is 1. The van der Waals surface area contributed by atoms with Crippen molar-refractivity contribution in [2.45, 2.75) is 39.7 Å². The van der Waals surface area contributed by atoms with Crippen LogP contribution in [0.25, 0.3) is 0 Å². The molecular formula is C14H23N3OS. The van der Waals surface area contributed by atoms with Crippen molar-refractivity contribution in [3.05, 3.63) is 17.1 Å². The maximum absolute atomic E-state index is 5.79. The number of aromatic nitrogens is 2. The van der Waals surface area contributed by atoms with Gasteiger partial charge in [0.05, 0.1) is 6.61 Å². The molecule has 1 aromatic rings. The van der Waals surface area contributed by atoms with Gasteiger partial charge in [-0.3, -0.25) is 0 Å². The van der Waals surface area contributed by atoms with Gasteiger partial charge in [-0.05, 0) is 19.8 Å². The lowest BCUT2D eigenvalue weighted by Gasteiger charge is -2.22. The van der Waals surface area contributed by atoms with Crippen molar-refractivity contribution in [1.29, 1.82) is 0 Å². The summed E-state index contributed by atoms with van der Waals surface area (Å²) in [5.41, 5.74) is 2.30. The molecule has 1 saturated heterocycles. The van der Waals surface area contributed by atoms with Crippen molar-refractivity contribution in [3.63, 3.8) is 0 Å². The van der Waals surface area contributed by atoms with Gasteiger partial charge in [-0.25, -0.2) is 9.97 Å². The number of anilines is 1. The molecule has 0 amide bonds. The average Bonchev–Trinajstić information content (AvgIpc) is 2.47. The molecular weight excluding hydrogens is 258 g/mol. The number of ether oxygens (including phenoxy) is 1. The van der Waals surface area contributed by atoms with Crippen LogP contribution in [0.2, 0.25) is 0 Å². The third-order valence-corrected chi connectivity index (χ3v) is 4.24. The number of thioether (sulfide) groups is 1. The molecule has 0 spiro atoms. The number of hydrogen-bond donors (Lipinski definition) is 1. The van der Waals surface area contributed by atoms with E-state index in [0.717, 1.165) is 54.8 Å². The Hall–Kier alpha value is -0.810. The molecule has 0 aromatic carbocycles. The van der Waals surface area contributed by atoms with Crippen molar-refractivity contribution in [2.24, 2.45) is 0 Å². The molecule has 1 atom stereocenters. The smallest absolute Gasteiger partial charge is 0.160 e. The van der Waals surface area contributed by atoms with Gasteiger partial charge in [0.25, 0.3) is 0 Å². The lowest BCUT2D eigenvalue weighted by atomic mass is 10.2. The first kappa shape index (κ1) is 14.6. The van der Waals surface area contributed by atoms with Gasteiger partial charge in [-0.15, -0.1) is 0 Å². The summed E-state index contributed by atoms with van der Waals surface area (Å²) >= 11 is 1.91. The van der Waals surface area contributed by atoms with Gasteiger partial charge < -0.3 is 10.1 Å². The highest BCUT2D eigenvalue weighted by molar-refractivity contribution is 7.99. The maximum Gasteiger partial charge on any atom is 0.160 e. The number of hydrogen-bond acceptors (Lipinski definition) is 5. The molecule has 1 N–H and O–H groups in total. The van der Waals surface area contributed by atoms with Crippen molar-refractivity contribution in [2.75, 3.05) is 30.0 Å². The molecule has 2 rings (SSSR count). The van der Waals surface area contributed by atoms with Gasteiger partial charge in [0.2, 0.25) is 0 Å². The standard InChI is InChI=1S/C14H23N3OS/c1-4-6-15-13-10(3)11(5-2)16-14(17-13)12-9-19-8-7-18-12/h12H,4-9H2,1-3H3,(H,15,16,17). The predicted molar refractivity (Wildman–Crippen MR) is 80.9 cm³/mol. The molecule has 0 bridgehead atoms. The first-order valence-corrected chi connectivity index (χ1v) is 8.22. The summed E-state index contributed by atoms with van der Waals surface area (Å²) in [6.45, 7) is 8.13. The first-order valence-electron chi connectivity index (χ1n) is 7.06. The van der Waals surface area contributed by atoms with E-state index in [0.29, 0.717) is 0 Å². The molecule has 106 valence electrons. The van der Waals surface area contributed by atoms with E-state index in [9.17, 15) is 0 Å². The zero-order valence-corrected chi connectivity index (χ0v) is 12.8. The highest BCUT2D eigenvalue weighted by Gasteiger charge is 2.21. The fourth-order valence-corrected chi connectivity index (χ4v) is 2.96. The third-order valence-electron chi connectivity index (χ3n) is 3.25. The Balaban J connectivity index is 2.26. The van der Waals surface area contributed by atoms with Crippen LogP contribution in [0.5, 0.6) is 0 Å². The van der Waals surface area contributed by atoms with E-state index in [1.165, 1.54) is 5.56 Å². The first-order chi connectivity index (χ1) is 9.26. The number of nitrogens with one attached hydrogen (secondary N) is 1. The summed E-state index contributed by atoms with van der Waals surface area (Å²) in [7, 11) is 0. The number of nitrogens with zero attached hydrogens (tertiary/aromatic N) is 2. The van der Waals surface area contributed by atoms with E-state index in [1.807, 2.05) is 11.8 Å². The molecule has 1 aromatic heterocycles. The Bertz CT molecular complexity index is 419. The summed E-state index contributed by atoms with van der Waals surface area (Å²) in [6.07, 6.45) is 2.07. The fraction of sp³-hybridized carbons (Fsp3) is 0.714. The summed E-state index contributed by atoms with van der Waals surface area (Å²) in [5.74, 6) is 3.85. The Labute approximate surface area is 119 Å². The van der Waals surface area contributed by atoms with E-state index in [-0.39, 0.29) is 6.10 Å². The Morgan fingerprint density at radius 2 is 2.21 bits per heavy atom. The van der Waals surface area contributed by atoms with Gasteiger partial charge >= 0.3 is 0 Å². The van der Waals surface area contributed by atoms with Crippen LogP contribution in [0.15, 0.2) is 0 Å². The molecule has 0 saturated carbocycles. The zero-order valence-electron chi connectivity index (χ0n) is 12.0. The Kier molecular flexibility index (Phi) is 5.45. The fourth-order valence-electron chi connectivity index (χ4n) is 2.12. The van der Waals surface area contributed by atoms with E-state index in [2.05, 4.69) is 31.1 Å². The van der Waals surface area contributed by atoms with Crippen molar-refractivity contribution in [3.8, 4) is 0 Å². The molecule has 4 nitrogen and oxygen atoms in total. The van der Waals surface area contributed by atoms with Crippen LogP contribution < -0.4 is 5.32 Å². The average molecular weight is 281 g/mol. The largest absolute Gasteiger partial charge is 0.370 e. The zero-order chi connectivity index (χ0) is 13.7. The Morgan fingerprint density at radius 3 is 2.84 bits per heavy atom. The molecule has 1 aliphatic rings. The van der Waals surface area contributed by atoms with Crippen molar-refractivity contribution >= 4 is 17.6 Å². The lowest BCUT2D eigenvalue weighted by molar-refractivity contribution is 0.0693. The summed E-state index contributed by atoms with van der Waals surface area (Å²) in [5, 5.41) is 3.40.